The summed E-state index contributed by atoms with van der Waals surface area (Å²) >= 11 is 0. The van der Waals surface area contributed by atoms with Gasteiger partial charge in [-0.05, 0) is 5.92 Å². The van der Waals surface area contributed by atoms with Gasteiger partial charge in [0.1, 0.15) is 11.3 Å². The molecule has 120 valence electrons. The fourth-order valence-electron chi connectivity index (χ4n) is 3.71. The Morgan fingerprint density at radius 1 is 0.875 bits per heavy atom. The highest BCUT2D eigenvalue weighted by Gasteiger charge is 2.54. The number of Topliss-reactive ketones (excluding diaryl/α,β-unsaturated/α-hetero) is 2. The molecular weight excluding hydrogens is 300 g/mol. The number of hydrogen-bond donors (Lipinski definition) is 0. The maximum Gasteiger partial charge on any atom is 0.222 e. The zero-order chi connectivity index (χ0) is 16.7. The van der Waals surface area contributed by atoms with E-state index in [-0.39, 0.29) is 23.1 Å². The van der Waals surface area contributed by atoms with Crippen LogP contribution in [0.15, 0.2) is 72.0 Å². The van der Waals surface area contributed by atoms with Crippen LogP contribution in [0.2, 0.25) is 0 Å². The molecule has 1 aliphatic carbocycles. The van der Waals surface area contributed by atoms with E-state index in [1.807, 2.05) is 67.6 Å². The largest absolute Gasteiger partial charge is 0.473 e. The first-order valence-corrected chi connectivity index (χ1v) is 8.24. The van der Waals surface area contributed by atoms with Crippen LogP contribution in [0.3, 0.4) is 0 Å². The van der Waals surface area contributed by atoms with Crippen LogP contribution in [0, 0.1) is 5.92 Å². The highest BCUT2D eigenvalue weighted by atomic mass is 16.5. The van der Waals surface area contributed by atoms with Gasteiger partial charge >= 0.3 is 0 Å². The van der Waals surface area contributed by atoms with Crippen LogP contribution in [0.25, 0.3) is 0 Å². The van der Waals surface area contributed by atoms with Gasteiger partial charge in [-0.15, -0.1) is 0 Å². The van der Waals surface area contributed by atoms with E-state index in [0.29, 0.717) is 18.6 Å². The van der Waals surface area contributed by atoms with Gasteiger partial charge in [-0.25, -0.2) is 0 Å². The summed E-state index contributed by atoms with van der Waals surface area (Å²) in [5, 5.41) is 0. The fraction of sp³-hybridized carbons (Fsp3) is 0.238. The number of ether oxygens (including phenoxy) is 1. The Hall–Kier alpha value is -2.68. The van der Waals surface area contributed by atoms with Crippen LogP contribution in [0.5, 0.6) is 0 Å². The summed E-state index contributed by atoms with van der Waals surface area (Å²) < 4.78 is 6.29. The van der Waals surface area contributed by atoms with Crippen molar-refractivity contribution in [3.8, 4) is 0 Å². The van der Waals surface area contributed by atoms with Gasteiger partial charge in [-0.3, -0.25) is 9.59 Å². The first kappa shape index (κ1) is 14.9. The number of allylic oxidation sites excluding steroid dienone is 1. The summed E-state index contributed by atoms with van der Waals surface area (Å²) in [4.78, 5) is 25.9. The number of rotatable bonds is 2. The minimum absolute atomic E-state index is 0.0949. The summed E-state index contributed by atoms with van der Waals surface area (Å²) in [6.07, 6.45) is 1.04. The lowest BCUT2D eigenvalue weighted by atomic mass is 9.78. The third-order valence-corrected chi connectivity index (χ3v) is 4.81. The predicted molar refractivity (Wildman–Crippen MR) is 90.2 cm³/mol. The average molecular weight is 318 g/mol. The Morgan fingerprint density at radius 3 is 1.96 bits per heavy atom. The van der Waals surface area contributed by atoms with E-state index < -0.39 is 5.60 Å². The van der Waals surface area contributed by atoms with Crippen molar-refractivity contribution >= 4 is 11.6 Å². The van der Waals surface area contributed by atoms with Gasteiger partial charge in [-0.2, -0.15) is 0 Å². The SMILES string of the molecule is CC1CC(=O)C2=C(C1)OC(c1ccccc1)(c1ccccc1)C2=O. The van der Waals surface area contributed by atoms with Gasteiger partial charge in [0, 0.05) is 24.0 Å². The van der Waals surface area contributed by atoms with Crippen molar-refractivity contribution in [2.24, 2.45) is 5.92 Å². The first-order valence-electron chi connectivity index (χ1n) is 8.24. The molecule has 3 heteroatoms. The minimum Gasteiger partial charge on any atom is -0.473 e. The van der Waals surface area contributed by atoms with Crippen LogP contribution in [0.4, 0.5) is 0 Å². The van der Waals surface area contributed by atoms with Crippen LogP contribution < -0.4 is 0 Å². The van der Waals surface area contributed by atoms with Crippen molar-refractivity contribution in [2.75, 3.05) is 0 Å². The van der Waals surface area contributed by atoms with Crippen molar-refractivity contribution < 1.29 is 14.3 Å². The highest BCUT2D eigenvalue weighted by Crippen LogP contribution is 2.48. The Morgan fingerprint density at radius 2 is 1.42 bits per heavy atom. The van der Waals surface area contributed by atoms with Gasteiger partial charge < -0.3 is 4.74 Å². The van der Waals surface area contributed by atoms with E-state index in [1.165, 1.54) is 0 Å². The highest BCUT2D eigenvalue weighted by molar-refractivity contribution is 6.26. The van der Waals surface area contributed by atoms with E-state index in [1.54, 1.807) is 0 Å². The van der Waals surface area contributed by atoms with E-state index in [0.717, 1.165) is 11.1 Å². The summed E-state index contributed by atoms with van der Waals surface area (Å²) in [5.74, 6) is 0.428. The zero-order valence-corrected chi connectivity index (χ0v) is 13.5. The molecule has 1 heterocycles. The quantitative estimate of drug-likeness (QED) is 0.791. The maximum absolute atomic E-state index is 13.4. The molecule has 0 aromatic heterocycles. The molecule has 4 rings (SSSR count). The first-order chi connectivity index (χ1) is 11.6. The molecule has 0 amide bonds. The number of benzene rings is 2. The Labute approximate surface area is 141 Å². The van der Waals surface area contributed by atoms with Crippen molar-refractivity contribution in [3.05, 3.63) is 83.1 Å². The van der Waals surface area contributed by atoms with Crippen molar-refractivity contribution in [3.63, 3.8) is 0 Å². The third kappa shape index (κ3) is 2.04. The van der Waals surface area contributed by atoms with E-state index in [2.05, 4.69) is 0 Å². The van der Waals surface area contributed by atoms with Crippen LogP contribution >= 0.6 is 0 Å². The van der Waals surface area contributed by atoms with Gasteiger partial charge in [0.05, 0.1) is 0 Å². The monoisotopic (exact) mass is 318 g/mol. The van der Waals surface area contributed by atoms with Crippen molar-refractivity contribution in [1.82, 2.24) is 0 Å². The molecule has 0 bridgehead atoms. The van der Waals surface area contributed by atoms with Crippen LogP contribution in [-0.4, -0.2) is 11.6 Å². The van der Waals surface area contributed by atoms with Gasteiger partial charge in [0.2, 0.25) is 11.4 Å². The number of ketones is 2. The minimum atomic E-state index is -1.24. The number of carbonyl (C=O) groups excluding carboxylic acids is 2. The topological polar surface area (TPSA) is 43.4 Å². The molecule has 1 atom stereocenters. The molecule has 1 unspecified atom stereocenters. The van der Waals surface area contributed by atoms with Gasteiger partial charge in [0.15, 0.2) is 5.78 Å². The lowest BCUT2D eigenvalue weighted by molar-refractivity contribution is -0.129. The second kappa shape index (κ2) is 5.45. The summed E-state index contributed by atoms with van der Waals surface area (Å²) in [7, 11) is 0. The van der Waals surface area contributed by atoms with E-state index in [9.17, 15) is 9.59 Å². The Kier molecular flexibility index (Phi) is 3.38. The maximum atomic E-state index is 13.4. The average Bonchev–Trinajstić information content (AvgIpc) is 2.90. The predicted octanol–water partition coefficient (Wildman–Crippen LogP) is 3.78. The smallest absolute Gasteiger partial charge is 0.222 e. The molecule has 24 heavy (non-hydrogen) atoms. The molecule has 0 radical (unpaired) electrons. The molecule has 1 aliphatic heterocycles. The van der Waals surface area contributed by atoms with Crippen LogP contribution in [0.1, 0.15) is 30.9 Å². The second-order valence-corrected chi connectivity index (χ2v) is 6.58. The molecule has 0 N–H and O–H groups in total. The summed E-state index contributed by atoms with van der Waals surface area (Å²) in [6.45, 7) is 2.01. The standard InChI is InChI=1S/C21H18O3/c1-14-12-17(22)19-18(13-14)24-21(20(19)23,15-8-4-2-5-9-15)16-10-6-3-7-11-16/h2-11,14H,12-13H2,1H3. The summed E-state index contributed by atoms with van der Waals surface area (Å²) in [6, 6.07) is 18.9. The summed E-state index contributed by atoms with van der Waals surface area (Å²) in [5.41, 5.74) is 0.542. The molecule has 0 saturated carbocycles. The van der Waals surface area contributed by atoms with Gasteiger partial charge in [-0.1, -0.05) is 67.6 Å². The fourth-order valence-corrected chi connectivity index (χ4v) is 3.71. The molecule has 0 fully saturated rings. The number of hydrogen-bond acceptors (Lipinski definition) is 3. The molecule has 2 aliphatic rings. The van der Waals surface area contributed by atoms with Crippen molar-refractivity contribution in [1.29, 1.82) is 0 Å². The van der Waals surface area contributed by atoms with Crippen molar-refractivity contribution in [2.45, 2.75) is 25.4 Å². The third-order valence-electron chi connectivity index (χ3n) is 4.81. The molecular formula is C21H18O3. The molecule has 0 spiro atoms. The lowest BCUT2D eigenvalue weighted by Gasteiger charge is -2.29. The van der Waals surface area contributed by atoms with Gasteiger partial charge in [0.25, 0.3) is 0 Å². The second-order valence-electron chi connectivity index (χ2n) is 6.58. The Bertz CT molecular complexity index is 794. The van der Waals surface area contributed by atoms with E-state index in [4.69, 9.17) is 4.74 Å². The lowest BCUT2D eigenvalue weighted by Crippen LogP contribution is -2.36. The zero-order valence-electron chi connectivity index (χ0n) is 13.5. The normalized spacial score (nSPS) is 22.3. The molecule has 0 saturated heterocycles. The molecule has 2 aromatic rings. The molecule has 2 aromatic carbocycles. The van der Waals surface area contributed by atoms with Crippen LogP contribution in [-0.2, 0) is 19.9 Å². The Balaban J connectivity index is 1.92. The molecule has 3 nitrogen and oxygen atoms in total. The van der Waals surface area contributed by atoms with E-state index >= 15 is 0 Å². The number of carbonyl (C=O) groups is 2.